The van der Waals surface area contributed by atoms with Crippen LogP contribution in [-0.4, -0.2) is 13.7 Å². The Labute approximate surface area is 348 Å². The highest BCUT2D eigenvalue weighted by molar-refractivity contribution is 6.22. The number of hydrogen-bond donors (Lipinski definition) is 0. The smallest absolute Gasteiger partial charge is 0.0638 e. The largest absolute Gasteiger partial charge is 0.312 e. The number of benzene rings is 8. The second-order valence-electron chi connectivity index (χ2n) is 17.2. The molecule has 3 heterocycles. The summed E-state index contributed by atoms with van der Waals surface area (Å²) in [6.45, 7) is 4.74. The van der Waals surface area contributed by atoms with Crippen LogP contribution in [0.3, 0.4) is 0 Å². The van der Waals surface area contributed by atoms with Crippen LogP contribution in [-0.2, 0) is 11.8 Å². The van der Waals surface area contributed by atoms with Gasteiger partial charge in [0.15, 0.2) is 0 Å². The van der Waals surface area contributed by atoms with E-state index in [1.54, 1.807) is 0 Å². The predicted molar refractivity (Wildman–Crippen MR) is 252 cm³/mol. The summed E-state index contributed by atoms with van der Waals surface area (Å²) in [4.78, 5) is 0. The summed E-state index contributed by atoms with van der Waals surface area (Å²) in [5.74, 6) is 0. The minimum atomic E-state index is -0.0869. The van der Waals surface area contributed by atoms with Gasteiger partial charge >= 0.3 is 0 Å². The number of hydrogen-bond acceptors (Lipinski definition) is 0. The third-order valence-corrected chi connectivity index (χ3v) is 13.7. The molecular weight excluding hydrogens is 727 g/mol. The highest BCUT2D eigenvalue weighted by atomic mass is 15.0. The summed E-state index contributed by atoms with van der Waals surface area (Å²) in [5, 5.41) is 6.46. The van der Waals surface area contributed by atoms with Crippen LogP contribution < -0.4 is 0 Å². The van der Waals surface area contributed by atoms with Gasteiger partial charge in [-0.2, -0.15) is 0 Å². The number of para-hydroxylation sites is 3. The maximum absolute atomic E-state index is 2.54. The van der Waals surface area contributed by atoms with E-state index in [-0.39, 0.29) is 5.41 Å². The first-order valence-electron chi connectivity index (χ1n) is 21.3. The molecule has 11 aromatic rings. The number of rotatable bonds is 4. The molecule has 3 heteroatoms. The molecule has 0 radical (unpaired) electrons. The molecule has 0 amide bonds. The zero-order chi connectivity index (χ0) is 39.7. The molecule has 2 aliphatic carbocycles. The van der Waals surface area contributed by atoms with Crippen molar-refractivity contribution in [2.45, 2.75) is 32.1 Å². The van der Waals surface area contributed by atoms with Crippen molar-refractivity contribution in [3.8, 4) is 39.3 Å². The average Bonchev–Trinajstić information content (AvgIpc) is 4.00. The van der Waals surface area contributed by atoms with Crippen molar-refractivity contribution in [2.75, 3.05) is 0 Å². The van der Waals surface area contributed by atoms with Crippen molar-refractivity contribution in [2.24, 2.45) is 0 Å². The van der Waals surface area contributed by atoms with Crippen LogP contribution >= 0.6 is 0 Å². The molecule has 0 fully saturated rings. The Balaban J connectivity index is 1.03. The van der Waals surface area contributed by atoms with Gasteiger partial charge in [-0.25, -0.2) is 0 Å². The van der Waals surface area contributed by atoms with E-state index in [2.05, 4.69) is 216 Å². The number of aromatic nitrogens is 3. The SMILES string of the molecule is CC1(C)c2ccccc2-c2cc3c4c(-c5ccc(-n6c7ccccc7c7c8c(ccc76)c6c(n8-c7ccccc7)CCC=C6)cc5)cccc4n(-c4ccccc4)c3cc21. The summed E-state index contributed by atoms with van der Waals surface area (Å²) in [5.41, 5.74) is 20.3. The van der Waals surface area contributed by atoms with Gasteiger partial charge in [-0.1, -0.05) is 135 Å². The van der Waals surface area contributed by atoms with E-state index < -0.39 is 0 Å². The maximum atomic E-state index is 2.54. The monoisotopic (exact) mass is 767 g/mol. The lowest BCUT2D eigenvalue weighted by atomic mass is 9.82. The van der Waals surface area contributed by atoms with Crippen LogP contribution in [0.25, 0.3) is 99.9 Å². The summed E-state index contributed by atoms with van der Waals surface area (Å²) < 4.78 is 7.48. The minimum absolute atomic E-state index is 0.0869. The van der Waals surface area contributed by atoms with Crippen molar-refractivity contribution < 1.29 is 0 Å². The number of fused-ring (bicyclic) bond motifs is 13. The highest BCUT2D eigenvalue weighted by Gasteiger charge is 2.36. The third kappa shape index (κ3) is 4.49. The first-order chi connectivity index (χ1) is 29.6. The second kappa shape index (κ2) is 12.3. The first-order valence-corrected chi connectivity index (χ1v) is 21.3. The van der Waals surface area contributed by atoms with Gasteiger partial charge in [-0.15, -0.1) is 0 Å². The molecule has 0 spiro atoms. The topological polar surface area (TPSA) is 14.8 Å². The summed E-state index contributed by atoms with van der Waals surface area (Å²) in [6.07, 6.45) is 6.76. The molecule has 0 N–H and O–H groups in total. The molecule has 284 valence electrons. The van der Waals surface area contributed by atoms with Gasteiger partial charge in [-0.3, -0.25) is 0 Å². The lowest BCUT2D eigenvalue weighted by molar-refractivity contribution is 0.661. The van der Waals surface area contributed by atoms with E-state index in [1.807, 2.05) is 0 Å². The van der Waals surface area contributed by atoms with Crippen molar-refractivity contribution >= 4 is 60.6 Å². The standard InChI is InChI=1S/C57H41N3/c1-57(2)47-24-12-9-20-41(47)45-34-46-53(35-48(45)57)59(37-16-5-3-6-17-37)51-27-15-23-40(54(46)51)36-28-30-39(31-29-36)58-50-26-14-11-22-44(50)55-52(58)33-32-43-42-21-10-13-25-49(42)60(56(43)55)38-18-7-4-8-19-38/h3-12,14-24,26-35H,13,25H2,1-2H3. The van der Waals surface area contributed by atoms with E-state index in [0.717, 1.165) is 18.5 Å². The van der Waals surface area contributed by atoms with Crippen LogP contribution in [0, 0.1) is 0 Å². The van der Waals surface area contributed by atoms with Gasteiger partial charge in [0.25, 0.3) is 0 Å². The van der Waals surface area contributed by atoms with Crippen LogP contribution in [0.2, 0.25) is 0 Å². The Morgan fingerprint density at radius 2 is 1.08 bits per heavy atom. The molecule has 0 atom stereocenters. The molecule has 0 saturated carbocycles. The molecule has 13 rings (SSSR count). The Hall–Kier alpha value is -7.36. The van der Waals surface area contributed by atoms with E-state index in [0.29, 0.717) is 0 Å². The van der Waals surface area contributed by atoms with E-state index in [4.69, 9.17) is 0 Å². The molecule has 0 aliphatic heterocycles. The van der Waals surface area contributed by atoms with Crippen LogP contribution in [0.5, 0.6) is 0 Å². The Morgan fingerprint density at radius 1 is 0.433 bits per heavy atom. The van der Waals surface area contributed by atoms with Crippen LogP contribution in [0.15, 0.2) is 182 Å². The zero-order valence-electron chi connectivity index (χ0n) is 33.7. The van der Waals surface area contributed by atoms with Crippen LogP contribution in [0.4, 0.5) is 0 Å². The predicted octanol–water partition coefficient (Wildman–Crippen LogP) is 14.8. The normalized spacial score (nSPS) is 14.1. The highest BCUT2D eigenvalue weighted by Crippen LogP contribution is 2.52. The molecule has 0 unspecified atom stereocenters. The maximum Gasteiger partial charge on any atom is 0.0638 e. The van der Waals surface area contributed by atoms with E-state index >= 15 is 0 Å². The first kappa shape index (κ1) is 33.6. The molecule has 2 aliphatic rings. The van der Waals surface area contributed by atoms with Gasteiger partial charge in [0.1, 0.15) is 0 Å². The second-order valence-corrected chi connectivity index (χ2v) is 17.2. The van der Waals surface area contributed by atoms with E-state index in [9.17, 15) is 0 Å². The minimum Gasteiger partial charge on any atom is -0.312 e. The number of nitrogens with zero attached hydrogens (tertiary/aromatic N) is 3. The van der Waals surface area contributed by atoms with Crippen molar-refractivity contribution in [3.05, 3.63) is 204 Å². The zero-order valence-corrected chi connectivity index (χ0v) is 33.7. The quantitative estimate of drug-likeness (QED) is 0.169. The van der Waals surface area contributed by atoms with Gasteiger partial charge in [-0.05, 0) is 113 Å². The fraction of sp³-hybridized carbons (Fsp3) is 0.0877. The summed E-state index contributed by atoms with van der Waals surface area (Å²) in [6, 6.07) is 65.5. The molecular formula is C57H41N3. The van der Waals surface area contributed by atoms with Gasteiger partial charge in [0, 0.05) is 60.7 Å². The van der Waals surface area contributed by atoms with Gasteiger partial charge in [0.05, 0.1) is 27.6 Å². The lowest BCUT2D eigenvalue weighted by Gasteiger charge is -2.21. The summed E-state index contributed by atoms with van der Waals surface area (Å²) >= 11 is 0. The Bertz CT molecular complexity index is 3590. The molecule has 3 nitrogen and oxygen atoms in total. The van der Waals surface area contributed by atoms with Crippen LogP contribution in [0.1, 0.15) is 42.7 Å². The van der Waals surface area contributed by atoms with E-state index in [1.165, 1.54) is 111 Å². The molecule has 0 bridgehead atoms. The molecule has 0 saturated heterocycles. The van der Waals surface area contributed by atoms with Crippen molar-refractivity contribution in [1.29, 1.82) is 0 Å². The Morgan fingerprint density at radius 3 is 1.90 bits per heavy atom. The fourth-order valence-corrected chi connectivity index (χ4v) is 11.0. The number of allylic oxidation sites excluding steroid dienone is 1. The molecule has 3 aromatic heterocycles. The molecule has 60 heavy (non-hydrogen) atoms. The third-order valence-electron chi connectivity index (χ3n) is 13.7. The molecule has 8 aromatic carbocycles. The lowest BCUT2D eigenvalue weighted by Crippen LogP contribution is -2.14. The Kier molecular flexibility index (Phi) is 6.90. The van der Waals surface area contributed by atoms with Crippen molar-refractivity contribution in [1.82, 2.24) is 13.7 Å². The van der Waals surface area contributed by atoms with Gasteiger partial charge in [0.2, 0.25) is 0 Å². The average molecular weight is 768 g/mol. The van der Waals surface area contributed by atoms with Crippen molar-refractivity contribution in [3.63, 3.8) is 0 Å². The summed E-state index contributed by atoms with van der Waals surface area (Å²) in [7, 11) is 0. The fourth-order valence-electron chi connectivity index (χ4n) is 11.0. The van der Waals surface area contributed by atoms with Gasteiger partial charge < -0.3 is 13.7 Å².